The minimum atomic E-state index is -1.21. The molecule has 3 N–H and O–H groups in total. The standard InChI is InChI=1S/C17H27NO4/c1-5-21-14-8-13(9-15(10-14)22-6-2)7-12(3)11-17(4,18)16(19)20/h8-10,12H,5-7,11,18H2,1-4H3,(H,19,20). The maximum Gasteiger partial charge on any atom is 0.323 e. The number of hydrogen-bond donors (Lipinski definition) is 2. The molecule has 2 atom stereocenters. The molecular weight excluding hydrogens is 282 g/mol. The van der Waals surface area contributed by atoms with Gasteiger partial charge in [0.2, 0.25) is 0 Å². The fraction of sp³-hybridized carbons (Fsp3) is 0.588. The number of ether oxygens (including phenoxy) is 2. The predicted molar refractivity (Wildman–Crippen MR) is 86.5 cm³/mol. The van der Waals surface area contributed by atoms with E-state index in [1.807, 2.05) is 39.0 Å². The lowest BCUT2D eigenvalue weighted by Gasteiger charge is -2.23. The molecule has 1 aromatic rings. The summed E-state index contributed by atoms with van der Waals surface area (Å²) in [6.07, 6.45) is 1.13. The average Bonchev–Trinajstić information content (AvgIpc) is 2.38. The second-order valence-electron chi connectivity index (χ2n) is 5.91. The van der Waals surface area contributed by atoms with E-state index < -0.39 is 11.5 Å². The molecule has 0 bridgehead atoms. The SMILES string of the molecule is CCOc1cc(CC(C)CC(C)(N)C(=O)O)cc(OCC)c1. The van der Waals surface area contributed by atoms with Crippen LogP contribution in [0, 0.1) is 5.92 Å². The molecule has 22 heavy (non-hydrogen) atoms. The number of carboxylic acids is 1. The van der Waals surface area contributed by atoms with Gasteiger partial charge in [-0.3, -0.25) is 4.79 Å². The van der Waals surface area contributed by atoms with Crippen LogP contribution in [0.5, 0.6) is 11.5 Å². The van der Waals surface area contributed by atoms with Crippen LogP contribution in [0.1, 0.15) is 39.7 Å². The summed E-state index contributed by atoms with van der Waals surface area (Å²) in [7, 11) is 0. The van der Waals surface area contributed by atoms with Gasteiger partial charge in [-0.05, 0) is 57.2 Å². The van der Waals surface area contributed by atoms with Gasteiger partial charge >= 0.3 is 5.97 Å². The molecule has 1 aromatic carbocycles. The van der Waals surface area contributed by atoms with Crippen molar-refractivity contribution in [3.8, 4) is 11.5 Å². The smallest absolute Gasteiger partial charge is 0.323 e. The quantitative estimate of drug-likeness (QED) is 0.733. The lowest BCUT2D eigenvalue weighted by Crippen LogP contribution is -2.46. The van der Waals surface area contributed by atoms with Gasteiger partial charge in [0.15, 0.2) is 0 Å². The molecule has 0 aliphatic rings. The molecule has 0 saturated heterocycles. The summed E-state index contributed by atoms with van der Waals surface area (Å²) >= 11 is 0. The molecule has 0 aromatic heterocycles. The molecule has 124 valence electrons. The fourth-order valence-electron chi connectivity index (χ4n) is 2.53. The van der Waals surface area contributed by atoms with Gasteiger partial charge in [-0.2, -0.15) is 0 Å². The van der Waals surface area contributed by atoms with Gasteiger partial charge in [0.1, 0.15) is 17.0 Å². The highest BCUT2D eigenvalue weighted by atomic mass is 16.5. The molecule has 5 nitrogen and oxygen atoms in total. The second kappa shape index (κ2) is 8.03. The number of carbonyl (C=O) groups is 1. The van der Waals surface area contributed by atoms with Gasteiger partial charge in [0.05, 0.1) is 13.2 Å². The van der Waals surface area contributed by atoms with Gasteiger partial charge in [0.25, 0.3) is 0 Å². The number of rotatable bonds is 9. The molecule has 1 rings (SSSR count). The van der Waals surface area contributed by atoms with Crippen LogP contribution in [-0.4, -0.2) is 29.8 Å². The Balaban J connectivity index is 2.84. The topological polar surface area (TPSA) is 81.8 Å². The van der Waals surface area contributed by atoms with Crippen LogP contribution in [0.15, 0.2) is 18.2 Å². The normalized spacial score (nSPS) is 15.0. The van der Waals surface area contributed by atoms with Crippen molar-refractivity contribution in [2.75, 3.05) is 13.2 Å². The van der Waals surface area contributed by atoms with Crippen molar-refractivity contribution in [2.45, 2.75) is 46.1 Å². The van der Waals surface area contributed by atoms with E-state index in [0.29, 0.717) is 19.6 Å². The summed E-state index contributed by atoms with van der Waals surface area (Å²) in [5, 5.41) is 9.12. The Kier molecular flexibility index (Phi) is 6.68. The highest BCUT2D eigenvalue weighted by Gasteiger charge is 2.29. The van der Waals surface area contributed by atoms with Crippen LogP contribution in [0.3, 0.4) is 0 Å². The van der Waals surface area contributed by atoms with Crippen molar-refractivity contribution in [3.05, 3.63) is 23.8 Å². The van der Waals surface area contributed by atoms with Crippen LogP contribution >= 0.6 is 0 Å². The van der Waals surface area contributed by atoms with E-state index in [1.54, 1.807) is 6.92 Å². The number of aliphatic carboxylic acids is 1. The first kappa shape index (κ1) is 18.3. The summed E-state index contributed by atoms with van der Waals surface area (Å²) in [4.78, 5) is 11.1. The molecule has 0 saturated carbocycles. The first-order valence-electron chi connectivity index (χ1n) is 7.70. The van der Waals surface area contributed by atoms with Crippen molar-refractivity contribution in [1.29, 1.82) is 0 Å². The largest absolute Gasteiger partial charge is 0.494 e. The molecule has 0 heterocycles. The van der Waals surface area contributed by atoms with Gasteiger partial charge < -0.3 is 20.3 Å². The van der Waals surface area contributed by atoms with Crippen molar-refractivity contribution in [3.63, 3.8) is 0 Å². The van der Waals surface area contributed by atoms with Crippen LogP contribution in [0.25, 0.3) is 0 Å². The van der Waals surface area contributed by atoms with Crippen LogP contribution in [0.4, 0.5) is 0 Å². The summed E-state index contributed by atoms with van der Waals surface area (Å²) in [6.45, 7) is 8.59. The van der Waals surface area contributed by atoms with E-state index in [0.717, 1.165) is 23.5 Å². The highest BCUT2D eigenvalue weighted by Crippen LogP contribution is 2.26. The molecule has 0 amide bonds. The average molecular weight is 309 g/mol. The molecule has 5 heteroatoms. The van der Waals surface area contributed by atoms with Crippen LogP contribution in [-0.2, 0) is 11.2 Å². The van der Waals surface area contributed by atoms with Crippen molar-refractivity contribution in [1.82, 2.24) is 0 Å². The van der Waals surface area contributed by atoms with Crippen molar-refractivity contribution >= 4 is 5.97 Å². The molecule has 0 radical (unpaired) electrons. The highest BCUT2D eigenvalue weighted by molar-refractivity contribution is 5.77. The summed E-state index contributed by atoms with van der Waals surface area (Å²) in [5.41, 5.74) is 5.67. The summed E-state index contributed by atoms with van der Waals surface area (Å²) < 4.78 is 11.1. The van der Waals surface area contributed by atoms with E-state index in [9.17, 15) is 4.79 Å². The van der Waals surface area contributed by atoms with E-state index in [1.165, 1.54) is 0 Å². The Hall–Kier alpha value is -1.75. The number of carboxylic acid groups (broad SMARTS) is 1. The zero-order valence-corrected chi connectivity index (χ0v) is 13.9. The third kappa shape index (κ3) is 5.56. The predicted octanol–water partition coefficient (Wildman–Crippen LogP) is 2.85. The lowest BCUT2D eigenvalue weighted by atomic mass is 9.87. The molecule has 2 unspecified atom stereocenters. The zero-order valence-electron chi connectivity index (χ0n) is 13.9. The van der Waals surface area contributed by atoms with Gasteiger partial charge in [-0.25, -0.2) is 0 Å². The Labute approximate surface area is 132 Å². The van der Waals surface area contributed by atoms with Gasteiger partial charge in [-0.1, -0.05) is 6.92 Å². The third-order valence-electron chi connectivity index (χ3n) is 3.41. The maximum absolute atomic E-state index is 11.1. The Morgan fingerprint density at radius 3 is 2.14 bits per heavy atom. The molecule has 0 spiro atoms. The Bertz CT molecular complexity index is 475. The third-order valence-corrected chi connectivity index (χ3v) is 3.41. The van der Waals surface area contributed by atoms with Gasteiger partial charge in [0, 0.05) is 6.07 Å². The molecule has 0 fully saturated rings. The second-order valence-corrected chi connectivity index (χ2v) is 5.91. The summed E-state index contributed by atoms with van der Waals surface area (Å²) in [5.74, 6) is 0.698. The van der Waals surface area contributed by atoms with E-state index in [-0.39, 0.29) is 5.92 Å². The molecule has 0 aliphatic carbocycles. The minimum absolute atomic E-state index is 0.137. The minimum Gasteiger partial charge on any atom is -0.494 e. The van der Waals surface area contributed by atoms with E-state index in [2.05, 4.69) is 0 Å². The monoisotopic (exact) mass is 309 g/mol. The first-order valence-corrected chi connectivity index (χ1v) is 7.70. The molecule has 0 aliphatic heterocycles. The number of hydrogen-bond acceptors (Lipinski definition) is 4. The number of benzene rings is 1. The van der Waals surface area contributed by atoms with Crippen LogP contribution < -0.4 is 15.2 Å². The fourth-order valence-corrected chi connectivity index (χ4v) is 2.53. The van der Waals surface area contributed by atoms with Crippen molar-refractivity contribution < 1.29 is 19.4 Å². The Morgan fingerprint density at radius 2 is 1.73 bits per heavy atom. The summed E-state index contributed by atoms with van der Waals surface area (Å²) in [6, 6.07) is 5.81. The van der Waals surface area contributed by atoms with Crippen molar-refractivity contribution in [2.24, 2.45) is 11.7 Å². The lowest BCUT2D eigenvalue weighted by molar-refractivity contribution is -0.143. The van der Waals surface area contributed by atoms with E-state index in [4.69, 9.17) is 20.3 Å². The molecular formula is C17H27NO4. The number of nitrogens with two attached hydrogens (primary N) is 1. The first-order chi connectivity index (χ1) is 10.3. The van der Waals surface area contributed by atoms with Crippen LogP contribution in [0.2, 0.25) is 0 Å². The zero-order chi connectivity index (χ0) is 16.8. The maximum atomic E-state index is 11.1. The van der Waals surface area contributed by atoms with Gasteiger partial charge in [-0.15, -0.1) is 0 Å². The van der Waals surface area contributed by atoms with E-state index >= 15 is 0 Å². The Morgan fingerprint density at radius 1 is 1.23 bits per heavy atom.